The van der Waals surface area contributed by atoms with Crippen molar-refractivity contribution in [1.29, 1.82) is 0 Å². The van der Waals surface area contributed by atoms with Crippen LogP contribution < -0.4 is 9.47 Å². The molecule has 2 aromatic rings. The van der Waals surface area contributed by atoms with Crippen molar-refractivity contribution in [2.45, 2.75) is 0 Å². The maximum absolute atomic E-state index is 13.1. The molecule has 2 rings (SSSR count). The van der Waals surface area contributed by atoms with Gasteiger partial charge >= 0.3 is 0 Å². The average Bonchev–Trinajstić information content (AvgIpc) is 2.37. The lowest BCUT2D eigenvalue weighted by Crippen LogP contribution is -1.90. The third-order valence-corrected chi connectivity index (χ3v) is 2.49. The molecule has 0 bridgehead atoms. The highest BCUT2D eigenvalue weighted by molar-refractivity contribution is 5.67. The summed E-state index contributed by atoms with van der Waals surface area (Å²) in [6.45, 7) is 0. The van der Waals surface area contributed by atoms with Gasteiger partial charge in [0.05, 0.1) is 20.3 Å². The number of rotatable bonds is 3. The number of hydrogen-bond acceptors (Lipinski definition) is 2. The largest absolute Gasteiger partial charge is 0.497 e. The molecule has 0 fully saturated rings. The van der Waals surface area contributed by atoms with Gasteiger partial charge in [0.15, 0.2) is 0 Å². The minimum Gasteiger partial charge on any atom is -0.497 e. The van der Waals surface area contributed by atoms with Crippen LogP contribution in [-0.2, 0) is 0 Å². The van der Waals surface area contributed by atoms with E-state index in [1.165, 1.54) is 26.4 Å². The van der Waals surface area contributed by atoms with Gasteiger partial charge in [-0.15, -0.1) is 0 Å². The van der Waals surface area contributed by atoms with E-state index in [2.05, 4.69) is 0 Å². The highest BCUT2D eigenvalue weighted by Crippen LogP contribution is 2.30. The average molecular weight is 249 g/mol. The summed E-state index contributed by atoms with van der Waals surface area (Å²) in [5.74, 6) is -0.380. The summed E-state index contributed by atoms with van der Waals surface area (Å²) in [5, 5.41) is 0. The number of methoxy groups -OCH3 is 2. The van der Waals surface area contributed by atoms with Crippen molar-refractivity contribution in [1.82, 2.24) is 0 Å². The van der Waals surface area contributed by atoms with Crippen molar-refractivity contribution >= 4 is 0 Å². The predicted octanol–water partition coefficient (Wildman–Crippen LogP) is 3.45. The summed E-state index contributed by atoms with van der Waals surface area (Å²) in [6.07, 6.45) is 0. The van der Waals surface area contributed by atoms with Crippen LogP contribution in [-0.4, -0.2) is 14.2 Å². The van der Waals surface area contributed by atoms with E-state index in [1.807, 2.05) is 6.07 Å². The van der Waals surface area contributed by atoms with Gasteiger partial charge in [-0.05, 0) is 35.4 Å². The fourth-order valence-electron chi connectivity index (χ4n) is 1.64. The van der Waals surface area contributed by atoms with Crippen LogP contribution in [0.1, 0.15) is 0 Å². The molecule has 0 spiro atoms. The summed E-state index contributed by atoms with van der Waals surface area (Å²) in [4.78, 5) is 0. The molecule has 0 amide bonds. The molecule has 0 aliphatic rings. The summed E-state index contributed by atoms with van der Waals surface area (Å²) in [6, 6.07) is 9.39. The van der Waals surface area contributed by atoms with Crippen LogP contribution >= 0.6 is 0 Å². The quantitative estimate of drug-likeness (QED) is 0.829. The first-order valence-corrected chi connectivity index (χ1v) is 5.24. The summed E-state index contributed by atoms with van der Waals surface area (Å²) < 4.78 is 36.4. The zero-order valence-electron chi connectivity index (χ0n) is 9.96. The number of halogens is 2. The Bertz CT molecular complexity index is 525. The molecule has 0 atom stereocenters. The monoisotopic (exact) mass is 249 g/mol. The second-order valence-corrected chi connectivity index (χ2v) is 3.67. The zero-order chi connectivity index (χ0) is 13.1. The molecular formula is C14H11F2O2. The van der Waals surface area contributed by atoms with E-state index >= 15 is 0 Å². The topological polar surface area (TPSA) is 18.5 Å². The first kappa shape index (κ1) is 12.4. The highest BCUT2D eigenvalue weighted by Gasteiger charge is 2.07. The van der Waals surface area contributed by atoms with Crippen LogP contribution in [0.25, 0.3) is 11.1 Å². The Kier molecular flexibility index (Phi) is 3.46. The molecule has 0 unspecified atom stereocenters. The van der Waals surface area contributed by atoms with E-state index in [0.29, 0.717) is 22.6 Å². The van der Waals surface area contributed by atoms with E-state index in [4.69, 9.17) is 9.47 Å². The number of ether oxygens (including phenoxy) is 2. The lowest BCUT2D eigenvalue weighted by atomic mass is 10.0. The van der Waals surface area contributed by atoms with Crippen molar-refractivity contribution < 1.29 is 18.3 Å². The standard InChI is InChI=1S/C14H11F2O2/c1-17-13-5-10(6-14(8-13)18-2)9-3-11(15)7-12(16)4-9/h3-6,8H,1-2H3. The van der Waals surface area contributed by atoms with Crippen LogP contribution in [0, 0.1) is 17.7 Å². The van der Waals surface area contributed by atoms with Gasteiger partial charge < -0.3 is 9.47 Å². The second kappa shape index (κ2) is 5.04. The molecule has 0 saturated carbocycles. The lowest BCUT2D eigenvalue weighted by molar-refractivity contribution is 0.394. The molecule has 0 saturated heterocycles. The smallest absolute Gasteiger partial charge is 0.134 e. The van der Waals surface area contributed by atoms with Crippen molar-refractivity contribution in [2.24, 2.45) is 0 Å². The number of hydrogen-bond donors (Lipinski definition) is 0. The van der Waals surface area contributed by atoms with E-state index in [0.717, 1.165) is 0 Å². The van der Waals surface area contributed by atoms with Crippen LogP contribution in [0.2, 0.25) is 0 Å². The maximum atomic E-state index is 13.1. The summed E-state index contributed by atoms with van der Waals surface area (Å²) in [7, 11) is 3.02. The Morgan fingerprint density at radius 1 is 0.778 bits per heavy atom. The van der Waals surface area contributed by atoms with Gasteiger partial charge in [0.2, 0.25) is 0 Å². The van der Waals surface area contributed by atoms with E-state index in [9.17, 15) is 8.78 Å². The van der Waals surface area contributed by atoms with Gasteiger partial charge in [-0.25, -0.2) is 8.78 Å². The number of benzene rings is 2. The van der Waals surface area contributed by atoms with Crippen LogP contribution in [0.3, 0.4) is 0 Å². The van der Waals surface area contributed by atoms with Gasteiger partial charge in [-0.2, -0.15) is 0 Å². The normalized spacial score (nSPS) is 10.2. The Balaban J connectivity index is 2.55. The van der Waals surface area contributed by atoms with Crippen LogP contribution in [0.5, 0.6) is 11.5 Å². The molecule has 1 radical (unpaired) electrons. The van der Waals surface area contributed by atoms with Crippen molar-refractivity contribution in [3.05, 3.63) is 48.0 Å². The van der Waals surface area contributed by atoms with Crippen LogP contribution in [0.4, 0.5) is 8.78 Å². The maximum Gasteiger partial charge on any atom is 0.134 e. The Hall–Kier alpha value is -2.10. The highest BCUT2D eigenvalue weighted by atomic mass is 19.1. The molecule has 18 heavy (non-hydrogen) atoms. The Morgan fingerprint density at radius 2 is 1.22 bits per heavy atom. The molecule has 0 heterocycles. The zero-order valence-corrected chi connectivity index (χ0v) is 9.96. The third kappa shape index (κ3) is 2.59. The molecule has 4 heteroatoms. The Morgan fingerprint density at radius 3 is 1.67 bits per heavy atom. The molecule has 93 valence electrons. The minimum atomic E-state index is -0.744. The van der Waals surface area contributed by atoms with Gasteiger partial charge in [0, 0.05) is 6.07 Å². The van der Waals surface area contributed by atoms with E-state index in [1.54, 1.807) is 18.2 Å². The van der Waals surface area contributed by atoms with Gasteiger partial charge in [0.1, 0.15) is 23.1 Å². The first-order valence-electron chi connectivity index (χ1n) is 5.24. The fraction of sp³-hybridized carbons (Fsp3) is 0.143. The molecular weight excluding hydrogens is 238 g/mol. The molecule has 0 aromatic heterocycles. The molecule has 2 nitrogen and oxygen atoms in total. The summed E-state index contributed by atoms with van der Waals surface area (Å²) in [5.41, 5.74) is 1.01. The SMILES string of the molecule is COc1cc(OC)cc(-c2cc(F)[c]c(F)c2)c1. The van der Waals surface area contributed by atoms with Crippen molar-refractivity contribution in [3.63, 3.8) is 0 Å². The fourth-order valence-corrected chi connectivity index (χ4v) is 1.64. The first-order chi connectivity index (χ1) is 8.62. The van der Waals surface area contributed by atoms with Crippen molar-refractivity contribution in [3.8, 4) is 22.6 Å². The van der Waals surface area contributed by atoms with Gasteiger partial charge in [-0.3, -0.25) is 0 Å². The second-order valence-electron chi connectivity index (χ2n) is 3.67. The Labute approximate surface area is 104 Å². The molecule has 0 aliphatic carbocycles. The summed E-state index contributed by atoms with van der Waals surface area (Å²) >= 11 is 0. The van der Waals surface area contributed by atoms with E-state index in [-0.39, 0.29) is 0 Å². The minimum absolute atomic E-state index is 0.404. The van der Waals surface area contributed by atoms with Crippen LogP contribution in [0.15, 0.2) is 30.3 Å². The van der Waals surface area contributed by atoms with E-state index < -0.39 is 11.6 Å². The molecule has 0 N–H and O–H groups in total. The van der Waals surface area contributed by atoms with Crippen molar-refractivity contribution in [2.75, 3.05) is 14.2 Å². The molecule has 2 aromatic carbocycles. The molecule has 0 aliphatic heterocycles. The van der Waals surface area contributed by atoms with Gasteiger partial charge in [-0.1, -0.05) is 0 Å². The third-order valence-electron chi connectivity index (χ3n) is 2.49. The predicted molar refractivity (Wildman–Crippen MR) is 63.7 cm³/mol. The lowest BCUT2D eigenvalue weighted by Gasteiger charge is -2.08. The van der Waals surface area contributed by atoms with Gasteiger partial charge in [0.25, 0.3) is 0 Å².